The van der Waals surface area contributed by atoms with Gasteiger partial charge in [-0.1, -0.05) is 47.2 Å². The number of nitrogens with zero attached hydrogens (tertiary/aromatic N) is 2. The van der Waals surface area contributed by atoms with Gasteiger partial charge in [-0.05, 0) is 55.8 Å². The van der Waals surface area contributed by atoms with Crippen LogP contribution in [0.5, 0.6) is 0 Å². The number of thiazole rings is 1. The first kappa shape index (κ1) is 26.4. The van der Waals surface area contributed by atoms with Crippen LogP contribution in [-0.4, -0.2) is 30.2 Å². The summed E-state index contributed by atoms with van der Waals surface area (Å²) in [5, 5.41) is 0.540. The Hall–Kier alpha value is -4.21. The van der Waals surface area contributed by atoms with Crippen LogP contribution in [0.25, 0.3) is 17.4 Å². The molecular formula is C29H23ClN2O6S. The summed E-state index contributed by atoms with van der Waals surface area (Å²) in [4.78, 5) is 43.4. The molecular weight excluding hydrogens is 540 g/mol. The lowest BCUT2D eigenvalue weighted by atomic mass is 9.96. The van der Waals surface area contributed by atoms with Crippen LogP contribution in [0.4, 0.5) is 0 Å². The fourth-order valence-electron chi connectivity index (χ4n) is 4.36. The van der Waals surface area contributed by atoms with Crippen LogP contribution in [0.15, 0.2) is 86.1 Å². The van der Waals surface area contributed by atoms with Crippen molar-refractivity contribution in [3.8, 4) is 11.3 Å². The number of carbonyl (C=O) groups is 2. The molecule has 0 bridgehead atoms. The van der Waals surface area contributed by atoms with Crippen molar-refractivity contribution in [1.29, 1.82) is 0 Å². The molecule has 0 spiro atoms. The Balaban J connectivity index is 1.57. The maximum atomic E-state index is 13.7. The second kappa shape index (κ2) is 10.9. The zero-order chi connectivity index (χ0) is 27.7. The first-order valence-corrected chi connectivity index (χ1v) is 13.2. The molecule has 0 N–H and O–H groups in total. The third-order valence-electron chi connectivity index (χ3n) is 6.19. The molecule has 0 aliphatic carbocycles. The lowest BCUT2D eigenvalue weighted by Crippen LogP contribution is -2.39. The van der Waals surface area contributed by atoms with Gasteiger partial charge in [0.1, 0.15) is 11.5 Å². The van der Waals surface area contributed by atoms with Crippen LogP contribution >= 0.6 is 22.9 Å². The molecule has 39 heavy (non-hydrogen) atoms. The normalized spacial score (nSPS) is 15.1. The van der Waals surface area contributed by atoms with Gasteiger partial charge in [-0.3, -0.25) is 9.36 Å². The molecule has 0 unspecified atom stereocenters. The van der Waals surface area contributed by atoms with E-state index in [2.05, 4.69) is 4.99 Å². The molecule has 0 amide bonds. The molecule has 0 radical (unpaired) electrons. The highest BCUT2D eigenvalue weighted by molar-refractivity contribution is 7.07. The Morgan fingerprint density at radius 3 is 2.46 bits per heavy atom. The summed E-state index contributed by atoms with van der Waals surface area (Å²) >= 11 is 7.31. The van der Waals surface area contributed by atoms with Crippen LogP contribution in [0.3, 0.4) is 0 Å². The molecule has 0 fully saturated rings. The summed E-state index contributed by atoms with van der Waals surface area (Å²) < 4.78 is 17.9. The molecule has 10 heteroatoms. The van der Waals surface area contributed by atoms with Gasteiger partial charge in [0.25, 0.3) is 5.56 Å². The summed E-state index contributed by atoms with van der Waals surface area (Å²) in [5.74, 6) is 0.0961. The van der Waals surface area contributed by atoms with E-state index in [1.165, 1.54) is 23.0 Å². The molecule has 198 valence electrons. The molecule has 1 aliphatic heterocycles. The second-order valence-electron chi connectivity index (χ2n) is 8.62. The average Bonchev–Trinajstić information content (AvgIpc) is 3.52. The topological polar surface area (TPSA) is 100 Å². The maximum Gasteiger partial charge on any atom is 0.338 e. The van der Waals surface area contributed by atoms with Gasteiger partial charge in [-0.2, -0.15) is 0 Å². The highest BCUT2D eigenvalue weighted by Gasteiger charge is 2.33. The lowest BCUT2D eigenvalue weighted by molar-refractivity contribution is -0.139. The standard InChI is InChI=1S/C29H23ClN2O6S/c1-4-37-28(35)24-16(2)31-29-32(25(24)18-9-11-20(30)12-10-18)26(33)23(39-29)15-21-13-14-22(38-21)17-5-7-19(8-6-17)27(34)36-3/h5-15,25H,4H2,1-3H3/b23-15+/t25-/m1/s1. The predicted octanol–water partition coefficient (Wildman–Crippen LogP) is 4.50. The van der Waals surface area contributed by atoms with Crippen LogP contribution in [0.2, 0.25) is 5.02 Å². The number of ether oxygens (including phenoxy) is 2. The highest BCUT2D eigenvalue weighted by atomic mass is 35.5. The lowest BCUT2D eigenvalue weighted by Gasteiger charge is -2.24. The summed E-state index contributed by atoms with van der Waals surface area (Å²) in [6.45, 7) is 3.65. The van der Waals surface area contributed by atoms with E-state index in [0.29, 0.717) is 48.3 Å². The molecule has 0 saturated heterocycles. The Bertz CT molecular complexity index is 1780. The van der Waals surface area contributed by atoms with Crippen molar-refractivity contribution in [3.63, 3.8) is 0 Å². The fourth-order valence-corrected chi connectivity index (χ4v) is 5.51. The third-order valence-corrected chi connectivity index (χ3v) is 7.43. The molecule has 3 heterocycles. The number of fused-ring (bicyclic) bond motifs is 1. The number of hydrogen-bond donors (Lipinski definition) is 0. The third kappa shape index (κ3) is 5.10. The Kier molecular flexibility index (Phi) is 7.36. The minimum Gasteiger partial charge on any atom is -0.465 e. The molecule has 4 aromatic rings. The van der Waals surface area contributed by atoms with Crippen molar-refractivity contribution >= 4 is 41.0 Å². The van der Waals surface area contributed by atoms with Crippen molar-refractivity contribution in [2.45, 2.75) is 19.9 Å². The molecule has 0 saturated carbocycles. The summed E-state index contributed by atoms with van der Waals surface area (Å²) in [6, 6.07) is 16.6. The summed E-state index contributed by atoms with van der Waals surface area (Å²) in [6.07, 6.45) is 1.65. The Labute approximate surface area is 232 Å². The number of rotatable bonds is 6. The van der Waals surface area contributed by atoms with Gasteiger partial charge in [0.05, 0.1) is 41.1 Å². The SMILES string of the molecule is CCOC(=O)C1=C(C)N=c2s/c(=C/c3ccc(-c4ccc(C(=O)OC)cc4)o3)c(=O)n2[C@@H]1c1ccc(Cl)cc1. The van der Waals surface area contributed by atoms with Crippen LogP contribution in [0, 0.1) is 0 Å². The van der Waals surface area contributed by atoms with Gasteiger partial charge < -0.3 is 13.9 Å². The number of hydrogen-bond acceptors (Lipinski definition) is 8. The number of carbonyl (C=O) groups excluding carboxylic acids is 2. The predicted molar refractivity (Wildman–Crippen MR) is 147 cm³/mol. The molecule has 2 aromatic carbocycles. The number of aromatic nitrogens is 1. The van der Waals surface area contributed by atoms with Crippen LogP contribution in [0.1, 0.15) is 41.6 Å². The van der Waals surface area contributed by atoms with E-state index in [1.54, 1.807) is 80.6 Å². The minimum atomic E-state index is -0.722. The van der Waals surface area contributed by atoms with Gasteiger partial charge in [0.15, 0.2) is 4.80 Å². The number of benzene rings is 2. The molecule has 2 aromatic heterocycles. The largest absolute Gasteiger partial charge is 0.465 e. The van der Waals surface area contributed by atoms with Gasteiger partial charge in [-0.25, -0.2) is 14.6 Å². The van der Waals surface area contributed by atoms with Crippen molar-refractivity contribution in [2.24, 2.45) is 4.99 Å². The smallest absolute Gasteiger partial charge is 0.338 e. The maximum absolute atomic E-state index is 13.7. The Morgan fingerprint density at radius 2 is 1.79 bits per heavy atom. The van der Waals surface area contributed by atoms with E-state index in [0.717, 1.165) is 5.56 Å². The fraction of sp³-hybridized carbons (Fsp3) is 0.172. The first-order chi connectivity index (χ1) is 18.8. The number of allylic oxidation sites excluding steroid dienone is 1. The average molecular weight is 563 g/mol. The minimum absolute atomic E-state index is 0.194. The van der Waals surface area contributed by atoms with E-state index in [4.69, 9.17) is 25.5 Å². The monoisotopic (exact) mass is 562 g/mol. The van der Waals surface area contributed by atoms with E-state index in [9.17, 15) is 14.4 Å². The van der Waals surface area contributed by atoms with E-state index >= 15 is 0 Å². The summed E-state index contributed by atoms with van der Waals surface area (Å²) in [7, 11) is 1.33. The van der Waals surface area contributed by atoms with Crippen molar-refractivity contribution in [3.05, 3.63) is 114 Å². The summed E-state index contributed by atoms with van der Waals surface area (Å²) in [5.41, 5.74) is 2.38. The molecule has 8 nitrogen and oxygen atoms in total. The number of methoxy groups -OCH3 is 1. The van der Waals surface area contributed by atoms with Crippen molar-refractivity contribution in [2.75, 3.05) is 13.7 Å². The Morgan fingerprint density at radius 1 is 1.08 bits per heavy atom. The second-order valence-corrected chi connectivity index (χ2v) is 10.1. The van der Waals surface area contributed by atoms with Crippen LogP contribution < -0.4 is 14.9 Å². The molecule has 5 rings (SSSR count). The number of halogens is 1. The van der Waals surface area contributed by atoms with Gasteiger partial charge in [0.2, 0.25) is 0 Å². The van der Waals surface area contributed by atoms with Crippen molar-refractivity contribution < 1.29 is 23.5 Å². The number of furan rings is 1. The first-order valence-electron chi connectivity index (χ1n) is 12.0. The highest BCUT2D eigenvalue weighted by Crippen LogP contribution is 2.31. The van der Waals surface area contributed by atoms with E-state index in [1.807, 2.05) is 0 Å². The van der Waals surface area contributed by atoms with E-state index in [-0.39, 0.29) is 12.2 Å². The number of esters is 2. The van der Waals surface area contributed by atoms with Gasteiger partial charge in [-0.15, -0.1) is 0 Å². The van der Waals surface area contributed by atoms with Crippen molar-refractivity contribution in [1.82, 2.24) is 4.57 Å². The molecule has 1 aliphatic rings. The van der Waals surface area contributed by atoms with Crippen LogP contribution in [-0.2, 0) is 14.3 Å². The molecule has 1 atom stereocenters. The van der Waals surface area contributed by atoms with Gasteiger partial charge in [0, 0.05) is 16.7 Å². The zero-order valence-electron chi connectivity index (χ0n) is 21.3. The zero-order valence-corrected chi connectivity index (χ0v) is 22.8. The van der Waals surface area contributed by atoms with Gasteiger partial charge >= 0.3 is 11.9 Å². The van der Waals surface area contributed by atoms with E-state index < -0.39 is 18.0 Å². The quantitative estimate of drug-likeness (QED) is 0.321.